The lowest BCUT2D eigenvalue weighted by atomic mass is 10.1. The number of aromatic nitrogens is 2. The summed E-state index contributed by atoms with van der Waals surface area (Å²) in [6, 6.07) is 11.6. The number of benzene rings is 1. The topological polar surface area (TPSA) is 37.6 Å². The highest BCUT2D eigenvalue weighted by Crippen LogP contribution is 2.27. The Morgan fingerprint density at radius 3 is 2.71 bits per heavy atom. The summed E-state index contributed by atoms with van der Waals surface area (Å²) in [5.74, 6) is 0.0606. The van der Waals surface area contributed by atoms with Gasteiger partial charge < -0.3 is 4.90 Å². The predicted molar refractivity (Wildman–Crippen MR) is 95.4 cm³/mol. The zero-order chi connectivity index (χ0) is 16.5. The van der Waals surface area contributed by atoms with Crippen LogP contribution >= 0.6 is 11.6 Å². The highest BCUT2D eigenvalue weighted by Gasteiger charge is 2.22. The molecule has 1 aliphatic heterocycles. The third-order valence-electron chi connectivity index (χ3n) is 4.53. The lowest BCUT2D eigenvalue weighted by Gasteiger charge is -2.26. The van der Waals surface area contributed by atoms with Crippen LogP contribution in [0.5, 0.6) is 0 Å². The number of hydrogen-bond donors (Lipinski definition) is 0. The molecule has 2 aromatic heterocycles. The molecule has 0 spiro atoms. The van der Waals surface area contributed by atoms with Crippen molar-refractivity contribution in [1.29, 1.82) is 0 Å². The molecular weight excluding hydrogens is 322 g/mol. The fraction of sp³-hybridized carbons (Fsp3) is 0.263. The SMILES string of the molecule is O=C(c1cnc2c(-c3cccc(Cl)c3)cccn12)N1CCCCC1. The van der Waals surface area contributed by atoms with E-state index in [1.54, 1.807) is 6.20 Å². The minimum atomic E-state index is 0.0606. The maximum absolute atomic E-state index is 12.8. The van der Waals surface area contributed by atoms with Gasteiger partial charge in [-0.25, -0.2) is 4.98 Å². The first kappa shape index (κ1) is 15.2. The number of rotatable bonds is 2. The number of nitrogens with zero attached hydrogens (tertiary/aromatic N) is 3. The van der Waals surface area contributed by atoms with E-state index in [0.717, 1.165) is 42.7 Å². The van der Waals surface area contributed by atoms with Crippen LogP contribution in [0.15, 0.2) is 48.8 Å². The highest BCUT2D eigenvalue weighted by molar-refractivity contribution is 6.30. The minimum absolute atomic E-state index is 0.0606. The maximum Gasteiger partial charge on any atom is 0.272 e. The molecule has 0 aliphatic carbocycles. The summed E-state index contributed by atoms with van der Waals surface area (Å²) >= 11 is 6.12. The predicted octanol–water partition coefficient (Wildman–Crippen LogP) is 4.28. The minimum Gasteiger partial charge on any atom is -0.337 e. The van der Waals surface area contributed by atoms with E-state index in [1.165, 1.54) is 6.42 Å². The second-order valence-electron chi connectivity index (χ2n) is 6.12. The van der Waals surface area contributed by atoms with Crippen LogP contribution in [0.2, 0.25) is 5.02 Å². The largest absolute Gasteiger partial charge is 0.337 e. The maximum atomic E-state index is 12.8. The number of carbonyl (C=O) groups excluding carboxylic acids is 1. The molecule has 1 fully saturated rings. The molecule has 3 aromatic rings. The molecule has 1 aromatic carbocycles. The number of amides is 1. The van der Waals surface area contributed by atoms with E-state index in [-0.39, 0.29) is 5.91 Å². The van der Waals surface area contributed by atoms with Crippen LogP contribution in [-0.4, -0.2) is 33.3 Å². The second kappa shape index (κ2) is 6.29. The van der Waals surface area contributed by atoms with Gasteiger partial charge in [-0.3, -0.25) is 9.20 Å². The molecular formula is C19H18ClN3O. The Morgan fingerprint density at radius 2 is 1.92 bits per heavy atom. The molecule has 4 nitrogen and oxygen atoms in total. The second-order valence-corrected chi connectivity index (χ2v) is 6.56. The van der Waals surface area contributed by atoms with E-state index in [9.17, 15) is 4.79 Å². The number of fused-ring (bicyclic) bond motifs is 1. The van der Waals surface area contributed by atoms with E-state index in [1.807, 2.05) is 51.9 Å². The molecule has 4 rings (SSSR count). The van der Waals surface area contributed by atoms with Crippen LogP contribution < -0.4 is 0 Å². The van der Waals surface area contributed by atoms with Gasteiger partial charge in [-0.15, -0.1) is 0 Å². The number of imidazole rings is 1. The summed E-state index contributed by atoms with van der Waals surface area (Å²) in [4.78, 5) is 19.3. The van der Waals surface area contributed by atoms with Crippen molar-refractivity contribution in [3.05, 3.63) is 59.5 Å². The molecule has 0 radical (unpaired) electrons. The van der Waals surface area contributed by atoms with E-state index in [0.29, 0.717) is 10.7 Å². The summed E-state index contributed by atoms with van der Waals surface area (Å²) in [6.07, 6.45) is 6.94. The Kier molecular flexibility index (Phi) is 3.98. The molecule has 1 aliphatic rings. The Morgan fingerprint density at radius 1 is 1.08 bits per heavy atom. The highest BCUT2D eigenvalue weighted by atomic mass is 35.5. The molecule has 0 saturated carbocycles. The smallest absolute Gasteiger partial charge is 0.272 e. The van der Waals surface area contributed by atoms with Crippen molar-refractivity contribution in [2.45, 2.75) is 19.3 Å². The lowest BCUT2D eigenvalue weighted by molar-refractivity contribution is 0.0717. The van der Waals surface area contributed by atoms with Crippen LogP contribution in [0.3, 0.4) is 0 Å². The molecule has 0 unspecified atom stereocenters. The number of likely N-dealkylation sites (tertiary alicyclic amines) is 1. The van der Waals surface area contributed by atoms with Gasteiger partial charge >= 0.3 is 0 Å². The van der Waals surface area contributed by atoms with Gasteiger partial charge in [-0.1, -0.05) is 23.7 Å². The molecule has 3 heterocycles. The van der Waals surface area contributed by atoms with E-state index >= 15 is 0 Å². The standard InChI is InChI=1S/C19H18ClN3O/c20-15-7-4-6-14(12-15)16-8-5-11-23-17(13-21-18(16)23)19(24)22-9-2-1-3-10-22/h4-8,11-13H,1-3,9-10H2. The van der Waals surface area contributed by atoms with Gasteiger partial charge in [0.05, 0.1) is 6.20 Å². The van der Waals surface area contributed by atoms with Crippen molar-refractivity contribution in [3.63, 3.8) is 0 Å². The van der Waals surface area contributed by atoms with Gasteiger partial charge in [0.15, 0.2) is 0 Å². The van der Waals surface area contributed by atoms with Gasteiger partial charge in [0.25, 0.3) is 5.91 Å². The third kappa shape index (κ3) is 2.67. The summed E-state index contributed by atoms with van der Waals surface area (Å²) in [5, 5.41) is 0.686. The van der Waals surface area contributed by atoms with Crippen LogP contribution in [0, 0.1) is 0 Å². The number of halogens is 1. The zero-order valence-electron chi connectivity index (χ0n) is 13.3. The average molecular weight is 340 g/mol. The van der Waals surface area contributed by atoms with Crippen molar-refractivity contribution < 1.29 is 4.79 Å². The first-order valence-electron chi connectivity index (χ1n) is 8.25. The Bertz CT molecular complexity index is 897. The molecule has 5 heteroatoms. The molecule has 0 bridgehead atoms. The van der Waals surface area contributed by atoms with Gasteiger partial charge in [-0.2, -0.15) is 0 Å². The Labute approximate surface area is 145 Å². The monoisotopic (exact) mass is 339 g/mol. The van der Waals surface area contributed by atoms with Crippen molar-refractivity contribution >= 4 is 23.2 Å². The molecule has 24 heavy (non-hydrogen) atoms. The first-order valence-corrected chi connectivity index (χ1v) is 8.63. The molecule has 1 amide bonds. The first-order chi connectivity index (χ1) is 11.7. The summed E-state index contributed by atoms with van der Waals surface area (Å²) < 4.78 is 1.88. The van der Waals surface area contributed by atoms with Crippen molar-refractivity contribution in [3.8, 4) is 11.1 Å². The van der Waals surface area contributed by atoms with Crippen LogP contribution in [0.4, 0.5) is 0 Å². The number of carbonyl (C=O) groups is 1. The number of hydrogen-bond acceptors (Lipinski definition) is 2. The normalized spacial score (nSPS) is 15.0. The van der Waals surface area contributed by atoms with Gasteiger partial charge in [0.2, 0.25) is 0 Å². The Hall–Kier alpha value is -2.33. The third-order valence-corrected chi connectivity index (χ3v) is 4.77. The number of piperidine rings is 1. The van der Waals surface area contributed by atoms with E-state index in [2.05, 4.69) is 4.98 Å². The molecule has 122 valence electrons. The van der Waals surface area contributed by atoms with E-state index in [4.69, 9.17) is 11.6 Å². The fourth-order valence-electron chi connectivity index (χ4n) is 3.31. The van der Waals surface area contributed by atoms with Gasteiger partial charge in [0, 0.05) is 29.9 Å². The average Bonchev–Trinajstić information content (AvgIpc) is 3.06. The fourth-order valence-corrected chi connectivity index (χ4v) is 3.50. The van der Waals surface area contributed by atoms with Gasteiger partial charge in [0.1, 0.15) is 11.3 Å². The molecule has 0 atom stereocenters. The van der Waals surface area contributed by atoms with Gasteiger partial charge in [-0.05, 0) is 49.1 Å². The zero-order valence-corrected chi connectivity index (χ0v) is 14.0. The summed E-state index contributed by atoms with van der Waals surface area (Å²) in [6.45, 7) is 1.67. The van der Waals surface area contributed by atoms with Crippen LogP contribution in [-0.2, 0) is 0 Å². The van der Waals surface area contributed by atoms with E-state index < -0.39 is 0 Å². The number of pyridine rings is 1. The summed E-state index contributed by atoms with van der Waals surface area (Å²) in [5.41, 5.74) is 3.37. The Balaban J connectivity index is 1.77. The summed E-state index contributed by atoms with van der Waals surface area (Å²) in [7, 11) is 0. The lowest BCUT2D eigenvalue weighted by Crippen LogP contribution is -2.36. The molecule has 1 saturated heterocycles. The van der Waals surface area contributed by atoms with Crippen molar-refractivity contribution in [2.24, 2.45) is 0 Å². The molecule has 0 N–H and O–H groups in total. The van der Waals surface area contributed by atoms with Crippen molar-refractivity contribution in [1.82, 2.24) is 14.3 Å². The van der Waals surface area contributed by atoms with Crippen LogP contribution in [0.1, 0.15) is 29.8 Å². The van der Waals surface area contributed by atoms with Crippen molar-refractivity contribution in [2.75, 3.05) is 13.1 Å². The van der Waals surface area contributed by atoms with Crippen LogP contribution in [0.25, 0.3) is 16.8 Å². The quantitative estimate of drug-likeness (QED) is 0.698.